The van der Waals surface area contributed by atoms with E-state index in [2.05, 4.69) is 10.3 Å². The Hall–Kier alpha value is -1.66. The zero-order valence-corrected chi connectivity index (χ0v) is 16.4. The predicted octanol–water partition coefficient (Wildman–Crippen LogP) is 1.63. The van der Waals surface area contributed by atoms with E-state index in [0.717, 1.165) is 16.7 Å². The monoisotopic (exact) mass is 421 g/mol. The van der Waals surface area contributed by atoms with Gasteiger partial charge < -0.3 is 20.3 Å². The first-order chi connectivity index (χ1) is 13.0. The van der Waals surface area contributed by atoms with Crippen molar-refractivity contribution in [3.8, 4) is 0 Å². The standard InChI is InChI=1S/C16H23BF3N3O4S/c1-9(2)7-13(17(26)27)22-14(25)4-3-11(24)10-5-6-23(10)15-21-12(8-28-15)16(18,19)20/h8-10,13,26-27H,3-7H2,1-2H3,(H,22,25)/t10-,13-/m0/s1. The van der Waals surface area contributed by atoms with Gasteiger partial charge in [-0.3, -0.25) is 9.59 Å². The molecule has 12 heteroatoms. The molecule has 2 heterocycles. The second-order valence-electron chi connectivity index (χ2n) is 7.19. The summed E-state index contributed by atoms with van der Waals surface area (Å²) in [7, 11) is -1.70. The Balaban J connectivity index is 1.86. The minimum atomic E-state index is -4.53. The minimum absolute atomic E-state index is 0.0829. The number of Topliss-reactive ketones (excluding diaryl/α,β-unsaturated/α-hetero) is 1. The van der Waals surface area contributed by atoms with Crippen molar-refractivity contribution in [3.05, 3.63) is 11.1 Å². The molecule has 3 N–H and O–H groups in total. The summed E-state index contributed by atoms with van der Waals surface area (Å²) >= 11 is 0.831. The molecule has 0 unspecified atom stereocenters. The SMILES string of the molecule is CC(C)C[C@H](NC(=O)CCC(=O)[C@@H]1CCN1c1nc(C(F)(F)F)cs1)B(O)O. The molecule has 28 heavy (non-hydrogen) atoms. The molecule has 0 aromatic carbocycles. The number of nitrogens with one attached hydrogen (secondary N) is 1. The minimum Gasteiger partial charge on any atom is -0.426 e. The molecule has 1 aliphatic heterocycles. The third-order valence-electron chi connectivity index (χ3n) is 4.45. The molecule has 1 aliphatic rings. The average Bonchev–Trinajstić information content (AvgIpc) is 3.00. The maximum atomic E-state index is 12.7. The van der Waals surface area contributed by atoms with Gasteiger partial charge in [0, 0.05) is 24.8 Å². The van der Waals surface area contributed by atoms with Crippen molar-refractivity contribution in [2.75, 3.05) is 11.4 Å². The number of carbonyl (C=O) groups excluding carboxylic acids is 2. The van der Waals surface area contributed by atoms with Crippen LogP contribution in [0.25, 0.3) is 0 Å². The fraction of sp³-hybridized carbons (Fsp3) is 0.688. The van der Waals surface area contributed by atoms with Gasteiger partial charge in [0.1, 0.15) is 0 Å². The number of anilines is 1. The lowest BCUT2D eigenvalue weighted by Crippen LogP contribution is -2.53. The molecule has 2 atom stereocenters. The van der Waals surface area contributed by atoms with Crippen LogP contribution in [-0.2, 0) is 15.8 Å². The number of hydrogen-bond acceptors (Lipinski definition) is 7. The number of nitrogens with zero attached hydrogens (tertiary/aromatic N) is 2. The average molecular weight is 421 g/mol. The molecule has 7 nitrogen and oxygen atoms in total. The van der Waals surface area contributed by atoms with Crippen molar-refractivity contribution in [2.24, 2.45) is 5.92 Å². The van der Waals surface area contributed by atoms with E-state index in [0.29, 0.717) is 19.4 Å². The van der Waals surface area contributed by atoms with Crippen molar-refractivity contribution >= 4 is 35.3 Å². The maximum absolute atomic E-state index is 12.7. The molecule has 1 fully saturated rings. The fourth-order valence-electron chi connectivity index (χ4n) is 2.92. The second-order valence-corrected chi connectivity index (χ2v) is 8.03. The van der Waals surface area contributed by atoms with Crippen LogP contribution in [0.5, 0.6) is 0 Å². The van der Waals surface area contributed by atoms with E-state index < -0.39 is 36.9 Å². The summed E-state index contributed by atoms with van der Waals surface area (Å²) in [5.41, 5.74) is -0.983. The van der Waals surface area contributed by atoms with E-state index >= 15 is 0 Å². The molecular weight excluding hydrogens is 398 g/mol. The first kappa shape index (κ1) is 22.6. The number of halogens is 3. The van der Waals surface area contributed by atoms with Gasteiger partial charge in [-0.2, -0.15) is 13.2 Å². The van der Waals surface area contributed by atoms with Gasteiger partial charge in [0.15, 0.2) is 16.6 Å². The Morgan fingerprint density at radius 2 is 2.07 bits per heavy atom. The number of rotatable bonds is 9. The highest BCUT2D eigenvalue weighted by Gasteiger charge is 2.39. The Morgan fingerprint density at radius 3 is 2.54 bits per heavy atom. The molecule has 156 valence electrons. The summed E-state index contributed by atoms with van der Waals surface area (Å²) in [6.07, 6.45) is -3.87. The molecule has 0 saturated carbocycles. The van der Waals surface area contributed by atoms with E-state index in [4.69, 9.17) is 0 Å². The maximum Gasteiger partial charge on any atom is 0.475 e. The number of hydrogen-bond donors (Lipinski definition) is 3. The number of ketones is 1. The van der Waals surface area contributed by atoms with Crippen molar-refractivity contribution in [1.29, 1.82) is 0 Å². The molecule has 0 bridgehead atoms. The molecule has 2 rings (SSSR count). The third kappa shape index (κ3) is 5.92. The van der Waals surface area contributed by atoms with Gasteiger partial charge in [-0.05, 0) is 18.8 Å². The third-order valence-corrected chi connectivity index (χ3v) is 5.33. The van der Waals surface area contributed by atoms with E-state index in [9.17, 15) is 32.8 Å². The Bertz CT molecular complexity index is 699. The van der Waals surface area contributed by atoms with E-state index in [1.54, 1.807) is 0 Å². The van der Waals surface area contributed by atoms with Gasteiger partial charge in [0.25, 0.3) is 0 Å². The van der Waals surface area contributed by atoms with Crippen LogP contribution in [0, 0.1) is 5.92 Å². The van der Waals surface area contributed by atoms with Crippen LogP contribution in [0.1, 0.15) is 45.2 Å². The molecule has 0 aliphatic carbocycles. The summed E-state index contributed by atoms with van der Waals surface area (Å²) in [5, 5.41) is 22.2. The van der Waals surface area contributed by atoms with Crippen LogP contribution < -0.4 is 10.2 Å². The number of carbonyl (C=O) groups is 2. The highest BCUT2D eigenvalue weighted by atomic mass is 32.1. The Labute approximate surface area is 165 Å². The van der Waals surface area contributed by atoms with Crippen LogP contribution in [-0.4, -0.2) is 52.4 Å². The van der Waals surface area contributed by atoms with E-state index in [-0.39, 0.29) is 29.7 Å². The molecule has 0 spiro atoms. The topological polar surface area (TPSA) is 103 Å². The molecule has 1 amide bonds. The van der Waals surface area contributed by atoms with Gasteiger partial charge in [-0.25, -0.2) is 4.98 Å². The van der Waals surface area contributed by atoms with Gasteiger partial charge in [-0.15, -0.1) is 11.3 Å². The van der Waals surface area contributed by atoms with Gasteiger partial charge >= 0.3 is 13.3 Å². The largest absolute Gasteiger partial charge is 0.475 e. The molecular formula is C16H23BF3N3O4S. The number of alkyl halides is 3. The number of amides is 1. The van der Waals surface area contributed by atoms with Crippen LogP contribution >= 0.6 is 11.3 Å². The first-order valence-corrected chi connectivity index (χ1v) is 9.84. The van der Waals surface area contributed by atoms with Gasteiger partial charge in [0.05, 0.1) is 12.0 Å². The first-order valence-electron chi connectivity index (χ1n) is 8.96. The number of thiazole rings is 1. The van der Waals surface area contributed by atoms with Crippen molar-refractivity contribution in [2.45, 2.75) is 57.7 Å². The van der Waals surface area contributed by atoms with Crippen molar-refractivity contribution in [1.82, 2.24) is 10.3 Å². The molecule has 1 aromatic heterocycles. The van der Waals surface area contributed by atoms with Crippen molar-refractivity contribution in [3.63, 3.8) is 0 Å². The van der Waals surface area contributed by atoms with Gasteiger partial charge in [0.2, 0.25) is 5.91 Å². The lowest BCUT2D eigenvalue weighted by Gasteiger charge is -2.39. The summed E-state index contributed by atoms with van der Waals surface area (Å²) in [4.78, 5) is 29.4. The van der Waals surface area contributed by atoms with Crippen LogP contribution in [0.4, 0.5) is 18.3 Å². The molecule has 0 radical (unpaired) electrons. The lowest BCUT2D eigenvalue weighted by molar-refractivity contribution is -0.140. The fourth-order valence-corrected chi connectivity index (χ4v) is 3.83. The number of aromatic nitrogens is 1. The van der Waals surface area contributed by atoms with Crippen LogP contribution in [0.2, 0.25) is 0 Å². The summed E-state index contributed by atoms with van der Waals surface area (Å²) < 4.78 is 38.0. The normalized spacial score (nSPS) is 18.0. The predicted molar refractivity (Wildman–Crippen MR) is 98.7 cm³/mol. The van der Waals surface area contributed by atoms with E-state index in [1.807, 2.05) is 13.8 Å². The highest BCUT2D eigenvalue weighted by Crippen LogP contribution is 2.36. The highest BCUT2D eigenvalue weighted by molar-refractivity contribution is 7.13. The molecule has 1 aromatic rings. The Kier molecular flexibility index (Phi) is 7.46. The van der Waals surface area contributed by atoms with Gasteiger partial charge in [-0.1, -0.05) is 13.8 Å². The van der Waals surface area contributed by atoms with E-state index in [1.165, 1.54) is 4.90 Å². The summed E-state index contributed by atoms with van der Waals surface area (Å²) in [6.45, 7) is 4.18. The smallest absolute Gasteiger partial charge is 0.426 e. The quantitative estimate of drug-likeness (QED) is 0.524. The summed E-state index contributed by atoms with van der Waals surface area (Å²) in [6, 6.07) is -0.588. The summed E-state index contributed by atoms with van der Waals surface area (Å²) in [5.74, 6) is -1.42. The zero-order valence-electron chi connectivity index (χ0n) is 15.6. The lowest BCUT2D eigenvalue weighted by atomic mass is 9.75. The molecule has 1 saturated heterocycles. The zero-order chi connectivity index (χ0) is 21.1. The van der Waals surface area contributed by atoms with Crippen molar-refractivity contribution < 1.29 is 32.8 Å². The van der Waals surface area contributed by atoms with Crippen LogP contribution in [0.3, 0.4) is 0 Å². The second kappa shape index (κ2) is 9.23. The Morgan fingerprint density at radius 1 is 1.39 bits per heavy atom. The van der Waals surface area contributed by atoms with Crippen LogP contribution in [0.15, 0.2) is 5.38 Å².